The largest absolute Gasteiger partial charge is 0.872 e. The Morgan fingerprint density at radius 1 is 1.06 bits per heavy atom. The Hall–Kier alpha value is -2.77. The fraction of sp³-hybridized carbons (Fsp3) is 0.100. The first kappa shape index (κ1) is 13.3. The van der Waals surface area contributed by atoms with Crippen LogP contribution in [-0.4, -0.2) is 39.3 Å². The molecule has 0 aliphatic heterocycles. The van der Waals surface area contributed by atoms with Crippen molar-refractivity contribution in [2.45, 2.75) is 6.10 Å². The zero-order valence-corrected chi connectivity index (χ0v) is 8.69. The Labute approximate surface area is 99.7 Å². The van der Waals surface area contributed by atoms with Crippen molar-refractivity contribution in [3.05, 3.63) is 23.8 Å². The van der Waals surface area contributed by atoms with Crippen molar-refractivity contribution >= 4 is 17.9 Å². The van der Waals surface area contributed by atoms with E-state index in [0.717, 1.165) is 18.2 Å². The maximum absolute atomic E-state index is 11.1. The summed E-state index contributed by atoms with van der Waals surface area (Å²) in [6.45, 7) is 0. The molecular formula is C10H7O8-. The quantitative estimate of drug-likeness (QED) is 0.590. The maximum Gasteiger partial charge on any atom is 0.356 e. The molecule has 0 fully saturated rings. The highest BCUT2D eigenvalue weighted by atomic mass is 16.5. The van der Waals surface area contributed by atoms with E-state index in [4.69, 9.17) is 15.3 Å². The number of hydrogen-bond donors (Lipinski definition) is 3. The zero-order chi connectivity index (χ0) is 13.9. The van der Waals surface area contributed by atoms with Gasteiger partial charge in [0.05, 0.1) is 5.56 Å². The first-order valence-electron chi connectivity index (χ1n) is 4.49. The molecule has 18 heavy (non-hydrogen) atoms. The summed E-state index contributed by atoms with van der Waals surface area (Å²) in [5.41, 5.74) is -0.424. The third-order valence-corrected chi connectivity index (χ3v) is 1.83. The summed E-state index contributed by atoms with van der Waals surface area (Å²) in [7, 11) is 0. The molecule has 0 spiro atoms. The number of aliphatic carboxylic acids is 2. The van der Waals surface area contributed by atoms with Crippen molar-refractivity contribution in [2.24, 2.45) is 0 Å². The Morgan fingerprint density at radius 3 is 2.06 bits per heavy atom. The second kappa shape index (κ2) is 5.04. The standard InChI is InChI=1S/C10H8O8/c11-5-1-4(8(12)13)2-6(3-5)18-7(9(14)15)10(16)17/h1-3,7,11H,(H,12,13)(H,14,15)(H,16,17)/p-1. The molecule has 0 radical (unpaired) electrons. The van der Waals surface area contributed by atoms with Gasteiger partial charge in [-0.05, 0) is 12.1 Å². The van der Waals surface area contributed by atoms with Crippen LogP contribution < -0.4 is 9.84 Å². The molecular weight excluding hydrogens is 248 g/mol. The zero-order valence-electron chi connectivity index (χ0n) is 8.69. The van der Waals surface area contributed by atoms with Crippen LogP contribution in [0.15, 0.2) is 18.2 Å². The molecule has 0 aromatic heterocycles. The fourth-order valence-electron chi connectivity index (χ4n) is 1.11. The summed E-state index contributed by atoms with van der Waals surface area (Å²) < 4.78 is 4.55. The Bertz CT molecular complexity index is 493. The van der Waals surface area contributed by atoms with Crippen molar-refractivity contribution < 1.29 is 39.5 Å². The maximum atomic E-state index is 11.1. The smallest absolute Gasteiger partial charge is 0.356 e. The van der Waals surface area contributed by atoms with Gasteiger partial charge in [-0.1, -0.05) is 6.07 Å². The SMILES string of the molecule is O=C(O)c1cc([O-])cc(OC(C(=O)O)C(=O)O)c1. The fourth-order valence-corrected chi connectivity index (χ4v) is 1.11. The molecule has 0 bridgehead atoms. The summed E-state index contributed by atoms with van der Waals surface area (Å²) in [4.78, 5) is 31.7. The van der Waals surface area contributed by atoms with Crippen LogP contribution in [0.3, 0.4) is 0 Å². The Morgan fingerprint density at radius 2 is 1.61 bits per heavy atom. The number of aromatic carboxylic acids is 1. The monoisotopic (exact) mass is 255 g/mol. The molecule has 0 saturated heterocycles. The molecule has 0 heterocycles. The molecule has 96 valence electrons. The van der Waals surface area contributed by atoms with Crippen molar-refractivity contribution in [1.29, 1.82) is 0 Å². The third-order valence-electron chi connectivity index (χ3n) is 1.83. The summed E-state index contributed by atoms with van der Waals surface area (Å²) in [5, 5.41) is 36.9. The van der Waals surface area contributed by atoms with Crippen LogP contribution in [0.25, 0.3) is 0 Å². The second-order valence-corrected chi connectivity index (χ2v) is 3.17. The number of hydrogen-bond acceptors (Lipinski definition) is 5. The Balaban J connectivity index is 3.06. The van der Waals surface area contributed by atoms with Crippen LogP contribution in [0.1, 0.15) is 10.4 Å². The minimum absolute atomic E-state index is 0.424. The van der Waals surface area contributed by atoms with E-state index in [1.807, 2.05) is 0 Å². The minimum Gasteiger partial charge on any atom is -0.872 e. The van der Waals surface area contributed by atoms with E-state index in [9.17, 15) is 19.5 Å². The molecule has 0 saturated carbocycles. The van der Waals surface area contributed by atoms with E-state index >= 15 is 0 Å². The van der Waals surface area contributed by atoms with Crippen molar-refractivity contribution in [3.63, 3.8) is 0 Å². The molecule has 8 nitrogen and oxygen atoms in total. The van der Waals surface area contributed by atoms with Gasteiger partial charge in [0.15, 0.2) is 0 Å². The van der Waals surface area contributed by atoms with Crippen molar-refractivity contribution in [1.82, 2.24) is 0 Å². The first-order chi connectivity index (χ1) is 8.31. The van der Waals surface area contributed by atoms with Gasteiger partial charge in [0.1, 0.15) is 5.75 Å². The molecule has 0 aliphatic carbocycles. The van der Waals surface area contributed by atoms with Crippen LogP contribution in [0.4, 0.5) is 0 Å². The van der Waals surface area contributed by atoms with Gasteiger partial charge in [0.2, 0.25) is 0 Å². The number of benzene rings is 1. The van der Waals surface area contributed by atoms with Gasteiger partial charge >= 0.3 is 17.9 Å². The van der Waals surface area contributed by atoms with Crippen LogP contribution in [0, 0.1) is 0 Å². The van der Waals surface area contributed by atoms with E-state index < -0.39 is 41.1 Å². The van der Waals surface area contributed by atoms with Crippen LogP contribution in [-0.2, 0) is 9.59 Å². The number of carboxylic acids is 3. The average Bonchev–Trinajstić information content (AvgIpc) is 2.24. The number of carboxylic acid groups (broad SMARTS) is 3. The predicted octanol–water partition coefficient (Wildman–Crippen LogP) is -0.625. The molecule has 3 N–H and O–H groups in total. The lowest BCUT2D eigenvalue weighted by Gasteiger charge is -2.14. The number of rotatable bonds is 5. The highest BCUT2D eigenvalue weighted by Crippen LogP contribution is 2.21. The van der Waals surface area contributed by atoms with Crippen LogP contribution >= 0.6 is 0 Å². The molecule has 1 aromatic rings. The van der Waals surface area contributed by atoms with Crippen molar-refractivity contribution in [2.75, 3.05) is 0 Å². The topological polar surface area (TPSA) is 144 Å². The summed E-state index contributed by atoms with van der Waals surface area (Å²) >= 11 is 0. The lowest BCUT2D eigenvalue weighted by atomic mass is 10.2. The summed E-state index contributed by atoms with van der Waals surface area (Å²) in [6.07, 6.45) is -2.21. The van der Waals surface area contributed by atoms with E-state index in [1.54, 1.807) is 0 Å². The minimum atomic E-state index is -2.21. The van der Waals surface area contributed by atoms with Gasteiger partial charge in [0.25, 0.3) is 6.10 Å². The number of ether oxygens (including phenoxy) is 1. The first-order valence-corrected chi connectivity index (χ1v) is 4.49. The van der Waals surface area contributed by atoms with Gasteiger partial charge in [-0.25, -0.2) is 14.4 Å². The third kappa shape index (κ3) is 3.11. The molecule has 8 heteroatoms. The molecule has 1 rings (SSSR count). The highest BCUT2D eigenvalue weighted by molar-refractivity contribution is 5.96. The molecule has 0 aliphatic rings. The lowest BCUT2D eigenvalue weighted by molar-refractivity contribution is -0.268. The van der Waals surface area contributed by atoms with E-state index in [0.29, 0.717) is 0 Å². The normalized spacial score (nSPS) is 10.1. The van der Waals surface area contributed by atoms with Gasteiger partial charge < -0.3 is 25.2 Å². The van der Waals surface area contributed by atoms with Crippen LogP contribution in [0.2, 0.25) is 0 Å². The van der Waals surface area contributed by atoms with E-state index in [1.165, 1.54) is 0 Å². The molecule has 0 atom stereocenters. The molecule has 0 unspecified atom stereocenters. The number of carbonyl (C=O) groups is 3. The van der Waals surface area contributed by atoms with Gasteiger partial charge in [-0.15, -0.1) is 5.75 Å². The molecule has 1 aromatic carbocycles. The summed E-state index contributed by atoms with van der Waals surface area (Å²) in [5.74, 6) is -6.12. The van der Waals surface area contributed by atoms with Crippen molar-refractivity contribution in [3.8, 4) is 11.5 Å². The Kier molecular flexibility index (Phi) is 3.72. The van der Waals surface area contributed by atoms with Crippen LogP contribution in [0.5, 0.6) is 11.5 Å². The lowest BCUT2D eigenvalue weighted by Crippen LogP contribution is -2.35. The predicted molar refractivity (Wildman–Crippen MR) is 52.5 cm³/mol. The van der Waals surface area contributed by atoms with E-state index in [-0.39, 0.29) is 0 Å². The average molecular weight is 255 g/mol. The second-order valence-electron chi connectivity index (χ2n) is 3.17. The van der Waals surface area contributed by atoms with Gasteiger partial charge in [0, 0.05) is 0 Å². The van der Waals surface area contributed by atoms with Gasteiger partial charge in [-0.2, -0.15) is 0 Å². The highest BCUT2D eigenvalue weighted by Gasteiger charge is 2.28. The van der Waals surface area contributed by atoms with E-state index in [2.05, 4.69) is 4.74 Å². The van der Waals surface area contributed by atoms with Gasteiger partial charge in [-0.3, -0.25) is 0 Å². The summed E-state index contributed by atoms with van der Waals surface area (Å²) in [6, 6.07) is 2.46. The molecule has 0 amide bonds.